The number of ether oxygens (including phenoxy) is 1. The molecule has 3 amide bonds. The van der Waals surface area contributed by atoms with E-state index in [1.54, 1.807) is 19.1 Å². The fourth-order valence-electron chi connectivity index (χ4n) is 3.80. The van der Waals surface area contributed by atoms with Crippen LogP contribution in [0.2, 0.25) is 20.1 Å². The molecule has 1 aromatic heterocycles. The molecule has 1 aliphatic rings. The molecule has 0 radical (unpaired) electrons. The Morgan fingerprint density at radius 3 is 2.37 bits per heavy atom. The lowest BCUT2D eigenvalue weighted by Gasteiger charge is -2.13. The van der Waals surface area contributed by atoms with Gasteiger partial charge in [-0.05, 0) is 56.2 Å². The summed E-state index contributed by atoms with van der Waals surface area (Å²) in [5.41, 5.74) is 9.01. The highest BCUT2D eigenvalue weighted by molar-refractivity contribution is 6.37. The zero-order valence-corrected chi connectivity index (χ0v) is 22.8. The molecule has 0 spiro atoms. The van der Waals surface area contributed by atoms with Crippen LogP contribution in [-0.2, 0) is 11.2 Å². The van der Waals surface area contributed by atoms with Gasteiger partial charge in [-0.3, -0.25) is 25.2 Å². The maximum Gasteiger partial charge on any atom is 0.305 e. The van der Waals surface area contributed by atoms with Crippen LogP contribution in [0.4, 0.5) is 0 Å². The number of hydrogen-bond acceptors (Lipinski definition) is 6. The summed E-state index contributed by atoms with van der Waals surface area (Å²) in [4.78, 5) is 37.4. The molecule has 0 atom stereocenters. The van der Waals surface area contributed by atoms with Gasteiger partial charge in [-0.2, -0.15) is 5.10 Å². The zero-order valence-electron chi connectivity index (χ0n) is 19.8. The van der Waals surface area contributed by atoms with Crippen molar-refractivity contribution in [1.29, 1.82) is 0 Å². The van der Waals surface area contributed by atoms with Crippen molar-refractivity contribution in [3.8, 4) is 5.75 Å². The van der Waals surface area contributed by atoms with Gasteiger partial charge >= 0.3 is 5.91 Å². The van der Waals surface area contributed by atoms with Crippen molar-refractivity contribution in [1.82, 2.24) is 16.3 Å². The highest BCUT2D eigenvalue weighted by Gasteiger charge is 2.28. The van der Waals surface area contributed by atoms with Crippen molar-refractivity contribution in [3.63, 3.8) is 0 Å². The summed E-state index contributed by atoms with van der Waals surface area (Å²) in [6.07, 6.45) is 1.85. The minimum absolute atomic E-state index is 0.0126. The zero-order chi connectivity index (χ0) is 27.4. The molecule has 0 bridgehead atoms. The van der Waals surface area contributed by atoms with Crippen LogP contribution in [0, 0.1) is 6.92 Å². The number of carbonyl (C=O) groups is 3. The first-order valence-electron chi connectivity index (χ1n) is 11.3. The van der Waals surface area contributed by atoms with Gasteiger partial charge in [-0.15, -0.1) is 0 Å². The Labute approximate surface area is 237 Å². The molecule has 1 aliphatic carbocycles. The number of rotatable bonds is 6. The van der Waals surface area contributed by atoms with Crippen LogP contribution in [0.5, 0.6) is 5.75 Å². The number of nitrogens with zero attached hydrogens (tertiary/aromatic N) is 1. The van der Waals surface area contributed by atoms with Gasteiger partial charge in [0.25, 0.3) is 11.8 Å². The number of nitrogens with one attached hydrogen (secondary N) is 3. The van der Waals surface area contributed by atoms with E-state index in [4.69, 9.17) is 55.6 Å². The van der Waals surface area contributed by atoms with Gasteiger partial charge in [0.1, 0.15) is 11.5 Å². The van der Waals surface area contributed by atoms with Crippen molar-refractivity contribution in [3.05, 3.63) is 84.7 Å². The third-order valence-electron chi connectivity index (χ3n) is 5.57. The topological polar surface area (TPSA) is 122 Å². The van der Waals surface area contributed by atoms with Crippen LogP contribution in [-0.4, -0.2) is 30.0 Å². The molecule has 0 aliphatic heterocycles. The minimum Gasteiger partial charge on any atom is -0.482 e. The quantitative estimate of drug-likeness (QED) is 0.323. The Balaban J connectivity index is 1.40. The summed E-state index contributed by atoms with van der Waals surface area (Å²) in [6.45, 7) is 1.30. The van der Waals surface area contributed by atoms with E-state index in [2.05, 4.69) is 21.4 Å². The van der Waals surface area contributed by atoms with E-state index in [-0.39, 0.29) is 27.1 Å². The lowest BCUT2D eigenvalue weighted by Crippen LogP contribution is -2.43. The van der Waals surface area contributed by atoms with Gasteiger partial charge < -0.3 is 9.15 Å². The molecule has 0 saturated heterocycles. The number of hydrazone groups is 1. The summed E-state index contributed by atoms with van der Waals surface area (Å²) < 4.78 is 11.1. The average molecular weight is 598 g/mol. The normalized spacial score (nSPS) is 13.6. The number of fused-ring (bicyclic) bond motifs is 1. The molecule has 3 N–H and O–H groups in total. The predicted molar refractivity (Wildman–Crippen MR) is 144 cm³/mol. The molecular weight excluding hydrogens is 578 g/mol. The molecule has 9 nitrogen and oxygen atoms in total. The minimum atomic E-state index is -0.661. The molecule has 1 heterocycles. The maximum absolute atomic E-state index is 12.7. The fourth-order valence-corrected chi connectivity index (χ4v) is 4.76. The van der Waals surface area contributed by atoms with Crippen molar-refractivity contribution in [2.45, 2.75) is 26.2 Å². The SMILES string of the molecule is Cc1c(C(=O)NNC(=O)COc2ccc(Cl)cc2Cl)oc2c1/C(=N/NC(=O)c1ccc(Cl)cc1Cl)CCC2. The molecule has 0 unspecified atom stereocenters. The first-order chi connectivity index (χ1) is 18.1. The van der Waals surface area contributed by atoms with E-state index in [9.17, 15) is 14.4 Å². The predicted octanol–water partition coefficient (Wildman–Crippen LogP) is 5.51. The molecule has 4 rings (SSSR count). The first-order valence-corrected chi connectivity index (χ1v) is 12.8. The number of carbonyl (C=O) groups excluding carboxylic acids is 3. The van der Waals surface area contributed by atoms with Crippen LogP contribution in [0.25, 0.3) is 0 Å². The van der Waals surface area contributed by atoms with Gasteiger partial charge in [0.05, 0.1) is 21.3 Å². The van der Waals surface area contributed by atoms with Crippen LogP contribution in [0.1, 0.15) is 50.6 Å². The van der Waals surface area contributed by atoms with Crippen molar-refractivity contribution in [2.75, 3.05) is 6.61 Å². The second-order valence-electron chi connectivity index (χ2n) is 8.20. The third-order valence-corrected chi connectivity index (χ3v) is 6.65. The Morgan fingerprint density at radius 2 is 1.66 bits per heavy atom. The van der Waals surface area contributed by atoms with E-state index in [1.165, 1.54) is 24.3 Å². The van der Waals surface area contributed by atoms with E-state index in [1.807, 2.05) is 0 Å². The highest BCUT2D eigenvalue weighted by Crippen LogP contribution is 2.30. The Bertz CT molecular complexity index is 1450. The van der Waals surface area contributed by atoms with Crippen molar-refractivity contribution in [2.24, 2.45) is 5.10 Å². The van der Waals surface area contributed by atoms with E-state index in [0.29, 0.717) is 51.9 Å². The number of hydrogen-bond donors (Lipinski definition) is 3. The summed E-state index contributed by atoms with van der Waals surface area (Å²) in [6, 6.07) is 9.10. The fraction of sp³-hybridized carbons (Fsp3) is 0.200. The number of benzene rings is 2. The summed E-state index contributed by atoms with van der Waals surface area (Å²) in [7, 11) is 0. The first kappa shape index (κ1) is 27.8. The number of furan rings is 1. The summed E-state index contributed by atoms with van der Waals surface area (Å²) in [5.74, 6) is -0.947. The lowest BCUT2D eigenvalue weighted by atomic mass is 9.93. The standard InChI is InChI=1S/C25H20Cl4N4O5/c1-12-22-18(30-32-24(35)15-7-5-13(26)9-16(15)28)3-2-4-20(22)38-23(12)25(36)33-31-21(34)11-37-19-8-6-14(27)10-17(19)29/h5-10H,2-4,11H2,1H3,(H,31,34)(H,32,35)(H,33,36)/b30-18+. The van der Waals surface area contributed by atoms with Crippen molar-refractivity contribution >= 4 is 69.8 Å². The molecule has 38 heavy (non-hydrogen) atoms. The van der Waals surface area contributed by atoms with Gasteiger partial charge in [0, 0.05) is 27.6 Å². The van der Waals surface area contributed by atoms with Gasteiger partial charge in [-0.25, -0.2) is 5.43 Å². The summed E-state index contributed by atoms with van der Waals surface area (Å²) in [5, 5.41) is 5.54. The van der Waals surface area contributed by atoms with E-state index in [0.717, 1.165) is 0 Å². The van der Waals surface area contributed by atoms with E-state index >= 15 is 0 Å². The Morgan fingerprint density at radius 1 is 0.947 bits per heavy atom. The van der Waals surface area contributed by atoms with Crippen LogP contribution in [0.15, 0.2) is 45.9 Å². The second-order valence-corrected chi connectivity index (χ2v) is 9.88. The number of hydrazine groups is 1. The van der Waals surface area contributed by atoms with Crippen LogP contribution >= 0.6 is 46.4 Å². The van der Waals surface area contributed by atoms with Gasteiger partial charge in [-0.1, -0.05) is 46.4 Å². The lowest BCUT2D eigenvalue weighted by molar-refractivity contribution is -0.123. The van der Waals surface area contributed by atoms with Crippen LogP contribution in [0.3, 0.4) is 0 Å². The Hall–Kier alpha value is -3.24. The van der Waals surface area contributed by atoms with Gasteiger partial charge in [0.15, 0.2) is 12.4 Å². The molecule has 198 valence electrons. The second kappa shape index (κ2) is 12.1. The highest BCUT2D eigenvalue weighted by atomic mass is 35.5. The molecule has 0 fully saturated rings. The largest absolute Gasteiger partial charge is 0.482 e. The smallest absolute Gasteiger partial charge is 0.305 e. The number of aryl methyl sites for hydroxylation is 1. The molecule has 0 saturated carbocycles. The van der Waals surface area contributed by atoms with E-state index < -0.39 is 24.3 Å². The van der Waals surface area contributed by atoms with Gasteiger partial charge in [0.2, 0.25) is 0 Å². The molecule has 3 aromatic rings. The maximum atomic E-state index is 12.7. The number of amides is 3. The third kappa shape index (κ3) is 6.42. The monoisotopic (exact) mass is 596 g/mol. The van der Waals surface area contributed by atoms with Crippen molar-refractivity contribution < 1.29 is 23.5 Å². The molecular formula is C25H20Cl4N4O5. The molecule has 2 aromatic carbocycles. The Kier molecular flexibility index (Phi) is 8.83. The summed E-state index contributed by atoms with van der Waals surface area (Å²) >= 11 is 23.8. The van der Waals surface area contributed by atoms with Crippen LogP contribution < -0.4 is 21.0 Å². The average Bonchev–Trinajstić information content (AvgIpc) is 3.22. The molecule has 13 heteroatoms. The number of halogens is 4.